The summed E-state index contributed by atoms with van der Waals surface area (Å²) in [5.74, 6) is 0.343. The van der Waals surface area contributed by atoms with Crippen LogP contribution in [0.1, 0.15) is 11.1 Å². The van der Waals surface area contributed by atoms with Crippen LogP contribution < -0.4 is 5.32 Å². The van der Waals surface area contributed by atoms with Gasteiger partial charge in [-0.25, -0.2) is 0 Å². The first kappa shape index (κ1) is 14.9. The second-order valence-electron chi connectivity index (χ2n) is 4.93. The molecule has 0 saturated carbocycles. The maximum Gasteiger partial charge on any atom is 0.320 e. The van der Waals surface area contributed by atoms with Gasteiger partial charge in [-0.15, -0.1) is 5.10 Å². The van der Waals surface area contributed by atoms with Crippen LogP contribution in [0.5, 0.6) is 0 Å². The van der Waals surface area contributed by atoms with Crippen molar-refractivity contribution in [2.45, 2.75) is 13.8 Å². The molecule has 0 radical (unpaired) electrons. The van der Waals surface area contributed by atoms with E-state index in [2.05, 4.69) is 15.5 Å². The quantitative estimate of drug-likeness (QED) is 0.696. The highest BCUT2D eigenvalue weighted by Crippen LogP contribution is 2.31. The zero-order valence-corrected chi connectivity index (χ0v) is 13.5. The van der Waals surface area contributed by atoms with Gasteiger partial charge in [0.05, 0.1) is 10.6 Å². The van der Waals surface area contributed by atoms with Crippen LogP contribution in [0.3, 0.4) is 0 Å². The summed E-state index contributed by atoms with van der Waals surface area (Å²) in [6.07, 6.45) is 0. The van der Waals surface area contributed by atoms with Crippen LogP contribution in [0, 0.1) is 13.8 Å². The lowest BCUT2D eigenvalue weighted by Crippen LogP contribution is -1.95. The summed E-state index contributed by atoms with van der Waals surface area (Å²) in [6.45, 7) is 4.03. The number of para-hydroxylation sites is 1. The van der Waals surface area contributed by atoms with Gasteiger partial charge in [-0.1, -0.05) is 46.5 Å². The Morgan fingerprint density at radius 2 is 1.73 bits per heavy atom. The molecule has 22 heavy (non-hydrogen) atoms. The van der Waals surface area contributed by atoms with Crippen LogP contribution in [0.15, 0.2) is 40.8 Å². The first-order chi connectivity index (χ1) is 10.5. The monoisotopic (exact) mass is 333 g/mol. The normalized spacial score (nSPS) is 10.7. The van der Waals surface area contributed by atoms with Crippen molar-refractivity contribution in [2.75, 3.05) is 5.32 Å². The maximum atomic E-state index is 6.15. The number of nitrogens with zero attached hydrogens (tertiary/aromatic N) is 2. The highest BCUT2D eigenvalue weighted by Gasteiger charge is 2.13. The van der Waals surface area contributed by atoms with E-state index >= 15 is 0 Å². The van der Waals surface area contributed by atoms with Gasteiger partial charge in [-0.3, -0.25) is 0 Å². The topological polar surface area (TPSA) is 51.0 Å². The molecule has 0 atom stereocenters. The summed E-state index contributed by atoms with van der Waals surface area (Å²) in [5, 5.41) is 12.2. The van der Waals surface area contributed by atoms with E-state index in [1.54, 1.807) is 18.2 Å². The van der Waals surface area contributed by atoms with E-state index in [0.717, 1.165) is 16.8 Å². The average Bonchev–Trinajstić information content (AvgIpc) is 2.91. The van der Waals surface area contributed by atoms with Gasteiger partial charge in [0, 0.05) is 10.7 Å². The van der Waals surface area contributed by atoms with Crippen LogP contribution in [0.25, 0.3) is 11.5 Å². The number of hydrogen-bond donors (Lipinski definition) is 1. The van der Waals surface area contributed by atoms with Crippen LogP contribution >= 0.6 is 23.2 Å². The van der Waals surface area contributed by atoms with E-state index in [4.69, 9.17) is 27.6 Å². The Labute approximate surface area is 138 Å². The summed E-state index contributed by atoms with van der Waals surface area (Å²) in [4.78, 5) is 0. The van der Waals surface area contributed by atoms with Gasteiger partial charge in [0.25, 0.3) is 5.89 Å². The minimum atomic E-state index is 0.318. The summed E-state index contributed by atoms with van der Waals surface area (Å²) < 4.78 is 5.64. The standard InChI is InChI=1S/C16H13Cl2N3O/c1-9-4-3-5-10(2)14(9)19-16-21-20-15(22-16)12-7-6-11(17)8-13(12)18/h3-8H,1-2H3,(H,19,21). The van der Waals surface area contributed by atoms with Crippen LogP contribution in [0.2, 0.25) is 10.0 Å². The molecule has 0 unspecified atom stereocenters. The van der Waals surface area contributed by atoms with Crippen molar-refractivity contribution in [1.82, 2.24) is 10.2 Å². The first-order valence-corrected chi connectivity index (χ1v) is 7.42. The molecule has 0 aliphatic rings. The number of halogens is 2. The van der Waals surface area contributed by atoms with Crippen molar-refractivity contribution < 1.29 is 4.42 Å². The average molecular weight is 334 g/mol. The molecule has 0 bridgehead atoms. The zero-order valence-electron chi connectivity index (χ0n) is 12.0. The van der Waals surface area contributed by atoms with Gasteiger partial charge >= 0.3 is 6.01 Å². The third-order valence-corrected chi connectivity index (χ3v) is 3.85. The Morgan fingerprint density at radius 1 is 1.00 bits per heavy atom. The van der Waals surface area contributed by atoms with Crippen molar-refractivity contribution in [2.24, 2.45) is 0 Å². The maximum absolute atomic E-state index is 6.15. The fourth-order valence-corrected chi connectivity index (χ4v) is 2.65. The molecule has 0 fully saturated rings. The molecule has 3 rings (SSSR count). The van der Waals surface area contributed by atoms with Gasteiger partial charge in [0.1, 0.15) is 0 Å². The molecule has 1 N–H and O–H groups in total. The number of anilines is 2. The Hall–Kier alpha value is -2.04. The summed E-state index contributed by atoms with van der Waals surface area (Å²) in [5.41, 5.74) is 3.81. The predicted octanol–water partition coefficient (Wildman–Crippen LogP) is 5.40. The van der Waals surface area contributed by atoms with Crippen molar-refractivity contribution in [1.29, 1.82) is 0 Å². The molecule has 112 valence electrons. The Morgan fingerprint density at radius 3 is 2.41 bits per heavy atom. The molecular formula is C16H13Cl2N3O. The second-order valence-corrected chi connectivity index (χ2v) is 5.77. The SMILES string of the molecule is Cc1cccc(C)c1Nc1nnc(-c2ccc(Cl)cc2Cl)o1. The number of aromatic nitrogens is 2. The van der Waals surface area contributed by atoms with Gasteiger partial charge in [0.15, 0.2) is 0 Å². The molecule has 4 nitrogen and oxygen atoms in total. The van der Waals surface area contributed by atoms with E-state index < -0.39 is 0 Å². The Balaban J connectivity index is 1.91. The van der Waals surface area contributed by atoms with Crippen molar-refractivity contribution >= 4 is 34.9 Å². The van der Waals surface area contributed by atoms with Crippen LogP contribution in [0.4, 0.5) is 11.7 Å². The lowest BCUT2D eigenvalue weighted by molar-refractivity contribution is 0.587. The minimum Gasteiger partial charge on any atom is -0.403 e. The fraction of sp³-hybridized carbons (Fsp3) is 0.125. The largest absolute Gasteiger partial charge is 0.403 e. The number of aryl methyl sites for hydroxylation is 2. The number of hydrogen-bond acceptors (Lipinski definition) is 4. The fourth-order valence-electron chi connectivity index (χ4n) is 2.16. The molecule has 0 aliphatic carbocycles. The molecule has 0 saturated heterocycles. The van der Waals surface area contributed by atoms with E-state index in [1.807, 2.05) is 32.0 Å². The van der Waals surface area contributed by atoms with E-state index in [9.17, 15) is 0 Å². The summed E-state index contributed by atoms with van der Waals surface area (Å²) in [6, 6.07) is 11.5. The summed E-state index contributed by atoms with van der Waals surface area (Å²) >= 11 is 12.0. The Kier molecular flexibility index (Phi) is 4.05. The smallest absolute Gasteiger partial charge is 0.320 e. The molecule has 0 aliphatic heterocycles. The Bertz CT molecular complexity index is 810. The highest BCUT2D eigenvalue weighted by molar-refractivity contribution is 6.36. The number of rotatable bonds is 3. The highest BCUT2D eigenvalue weighted by atomic mass is 35.5. The summed E-state index contributed by atoms with van der Waals surface area (Å²) in [7, 11) is 0. The molecule has 1 aromatic heterocycles. The third-order valence-electron chi connectivity index (χ3n) is 3.30. The van der Waals surface area contributed by atoms with E-state index in [-0.39, 0.29) is 0 Å². The molecule has 0 amide bonds. The van der Waals surface area contributed by atoms with Crippen LogP contribution in [-0.4, -0.2) is 10.2 Å². The van der Waals surface area contributed by atoms with Crippen LogP contribution in [-0.2, 0) is 0 Å². The van der Waals surface area contributed by atoms with Gasteiger partial charge < -0.3 is 9.73 Å². The molecule has 3 aromatic rings. The second kappa shape index (κ2) is 5.99. The lowest BCUT2D eigenvalue weighted by Gasteiger charge is -2.08. The third kappa shape index (κ3) is 2.93. The predicted molar refractivity (Wildman–Crippen MR) is 89.0 cm³/mol. The molecule has 6 heteroatoms. The lowest BCUT2D eigenvalue weighted by atomic mass is 10.1. The van der Waals surface area contributed by atoms with Gasteiger partial charge in [-0.2, -0.15) is 0 Å². The molecule has 2 aromatic carbocycles. The molecule has 1 heterocycles. The minimum absolute atomic E-state index is 0.318. The van der Waals surface area contributed by atoms with E-state index in [0.29, 0.717) is 27.5 Å². The molecule has 0 spiro atoms. The van der Waals surface area contributed by atoms with Crippen molar-refractivity contribution in [3.8, 4) is 11.5 Å². The van der Waals surface area contributed by atoms with E-state index in [1.165, 1.54) is 0 Å². The number of benzene rings is 2. The van der Waals surface area contributed by atoms with Gasteiger partial charge in [0.2, 0.25) is 0 Å². The van der Waals surface area contributed by atoms with Crippen molar-refractivity contribution in [3.05, 3.63) is 57.6 Å². The van der Waals surface area contributed by atoms with Crippen molar-refractivity contribution in [3.63, 3.8) is 0 Å². The zero-order chi connectivity index (χ0) is 15.7. The molecular weight excluding hydrogens is 321 g/mol. The number of nitrogens with one attached hydrogen (secondary N) is 1. The first-order valence-electron chi connectivity index (χ1n) is 6.67. The van der Waals surface area contributed by atoms with Gasteiger partial charge in [-0.05, 0) is 43.2 Å².